The van der Waals surface area contributed by atoms with Gasteiger partial charge in [-0.1, -0.05) is 13.8 Å². The maximum Gasteiger partial charge on any atom is 0.119 e. The Bertz CT molecular complexity index is 267. The molecule has 1 heterocycles. The molecule has 1 aliphatic rings. The molecule has 1 aliphatic heterocycles. The summed E-state index contributed by atoms with van der Waals surface area (Å²) in [7, 11) is 0. The zero-order chi connectivity index (χ0) is 14.1. The molecular formula is C13H29N3O2. The molecule has 18 heavy (non-hydrogen) atoms. The third kappa shape index (κ3) is 3.90. The van der Waals surface area contributed by atoms with E-state index in [-0.39, 0.29) is 30.1 Å². The van der Waals surface area contributed by atoms with E-state index >= 15 is 0 Å². The standard InChI is InChI=1S/C13H29N3O2/c1-6-11(13(14,15)16)7(2)8(3)17-9(4)12-10(5)18-12/h7-12H,6,14-16H2,1-5H3/t7-,8+,9-,10+,11?,12-/m0/s1. The van der Waals surface area contributed by atoms with Gasteiger partial charge in [-0.3, -0.25) is 0 Å². The van der Waals surface area contributed by atoms with Gasteiger partial charge in [-0.25, -0.2) is 0 Å². The summed E-state index contributed by atoms with van der Waals surface area (Å²) in [5.74, 6) is -0.929. The summed E-state index contributed by atoms with van der Waals surface area (Å²) in [6, 6.07) is 0. The third-order valence-electron chi connectivity index (χ3n) is 4.11. The van der Waals surface area contributed by atoms with Gasteiger partial charge in [0.05, 0.1) is 18.3 Å². The summed E-state index contributed by atoms with van der Waals surface area (Å²) in [5.41, 5.74) is 17.5. The highest BCUT2D eigenvalue weighted by Crippen LogP contribution is 2.30. The van der Waals surface area contributed by atoms with Crippen molar-refractivity contribution in [3.8, 4) is 0 Å². The predicted molar refractivity (Wildman–Crippen MR) is 72.6 cm³/mol. The molecule has 0 aromatic heterocycles. The van der Waals surface area contributed by atoms with Crippen molar-refractivity contribution in [1.29, 1.82) is 0 Å². The van der Waals surface area contributed by atoms with Gasteiger partial charge in [-0.2, -0.15) is 0 Å². The lowest BCUT2D eigenvalue weighted by Crippen LogP contribution is -2.65. The smallest absolute Gasteiger partial charge is 0.119 e. The van der Waals surface area contributed by atoms with Gasteiger partial charge >= 0.3 is 0 Å². The number of ether oxygens (including phenoxy) is 2. The lowest BCUT2D eigenvalue weighted by Gasteiger charge is -2.37. The Kier molecular flexibility index (Phi) is 5.14. The molecule has 5 heteroatoms. The Balaban J connectivity index is 2.51. The van der Waals surface area contributed by atoms with E-state index in [1.54, 1.807) is 0 Å². The Labute approximate surface area is 110 Å². The van der Waals surface area contributed by atoms with E-state index in [0.29, 0.717) is 6.10 Å². The molecule has 1 saturated heterocycles. The molecular weight excluding hydrogens is 230 g/mol. The molecule has 0 radical (unpaired) electrons. The van der Waals surface area contributed by atoms with E-state index in [1.807, 2.05) is 20.8 Å². The van der Waals surface area contributed by atoms with Crippen LogP contribution in [0.25, 0.3) is 0 Å². The second-order valence-corrected chi connectivity index (χ2v) is 5.73. The van der Waals surface area contributed by atoms with Crippen molar-refractivity contribution in [2.45, 2.75) is 71.2 Å². The van der Waals surface area contributed by atoms with Gasteiger partial charge < -0.3 is 26.7 Å². The fourth-order valence-electron chi connectivity index (χ4n) is 2.74. The van der Waals surface area contributed by atoms with Crippen molar-refractivity contribution in [3.05, 3.63) is 0 Å². The number of rotatable bonds is 7. The summed E-state index contributed by atoms with van der Waals surface area (Å²) < 4.78 is 11.4. The average Bonchev–Trinajstić information content (AvgIpc) is 2.94. The molecule has 0 aromatic carbocycles. The van der Waals surface area contributed by atoms with Crippen molar-refractivity contribution in [2.75, 3.05) is 0 Å². The third-order valence-corrected chi connectivity index (χ3v) is 4.11. The summed E-state index contributed by atoms with van der Waals surface area (Å²) in [5, 5.41) is 0. The van der Waals surface area contributed by atoms with Crippen molar-refractivity contribution >= 4 is 0 Å². The van der Waals surface area contributed by atoms with Crippen LogP contribution < -0.4 is 17.2 Å². The summed E-state index contributed by atoms with van der Waals surface area (Å²) in [6.07, 6.45) is 1.51. The predicted octanol–water partition coefficient (Wildman–Crippen LogP) is 0.760. The van der Waals surface area contributed by atoms with Crippen molar-refractivity contribution in [3.63, 3.8) is 0 Å². The topological polar surface area (TPSA) is 99.8 Å². The van der Waals surface area contributed by atoms with Crippen LogP contribution in [-0.4, -0.2) is 30.2 Å². The van der Waals surface area contributed by atoms with Gasteiger partial charge in [0.15, 0.2) is 0 Å². The molecule has 6 atom stereocenters. The van der Waals surface area contributed by atoms with E-state index in [2.05, 4.69) is 13.8 Å². The second-order valence-electron chi connectivity index (χ2n) is 5.73. The first-order chi connectivity index (χ1) is 8.18. The van der Waals surface area contributed by atoms with Gasteiger partial charge in [0.2, 0.25) is 0 Å². The molecule has 6 N–H and O–H groups in total. The number of hydrogen-bond donors (Lipinski definition) is 3. The van der Waals surface area contributed by atoms with Crippen LogP contribution in [0, 0.1) is 11.8 Å². The minimum absolute atomic E-state index is 0.0252. The second kappa shape index (κ2) is 5.84. The molecule has 0 bridgehead atoms. The van der Waals surface area contributed by atoms with Crippen molar-refractivity contribution in [1.82, 2.24) is 0 Å². The Morgan fingerprint density at radius 2 is 1.72 bits per heavy atom. The first kappa shape index (κ1) is 15.9. The Hall–Kier alpha value is -0.200. The average molecular weight is 259 g/mol. The van der Waals surface area contributed by atoms with Gasteiger partial charge in [0.1, 0.15) is 11.9 Å². The molecule has 1 fully saturated rings. The van der Waals surface area contributed by atoms with E-state index in [4.69, 9.17) is 26.7 Å². The van der Waals surface area contributed by atoms with Crippen LogP contribution >= 0.6 is 0 Å². The summed E-state index contributed by atoms with van der Waals surface area (Å²) in [4.78, 5) is 0. The maximum absolute atomic E-state index is 5.99. The van der Waals surface area contributed by atoms with Crippen LogP contribution in [0.4, 0.5) is 0 Å². The van der Waals surface area contributed by atoms with Crippen LogP contribution in [0.2, 0.25) is 0 Å². The van der Waals surface area contributed by atoms with E-state index in [0.717, 1.165) is 6.42 Å². The molecule has 0 saturated carbocycles. The van der Waals surface area contributed by atoms with Gasteiger partial charge in [-0.05, 0) is 33.1 Å². The van der Waals surface area contributed by atoms with Crippen LogP contribution in [0.3, 0.4) is 0 Å². The minimum atomic E-state index is -1.15. The SMILES string of the molecule is CCC([C@@H](C)[C@@H](C)O[C@@H](C)[C@@H]1O[C@@H]1C)C(N)(N)N. The molecule has 0 spiro atoms. The zero-order valence-corrected chi connectivity index (χ0v) is 12.2. The van der Waals surface area contributed by atoms with E-state index < -0.39 is 5.79 Å². The van der Waals surface area contributed by atoms with Crippen molar-refractivity contribution in [2.24, 2.45) is 29.0 Å². The molecule has 1 unspecified atom stereocenters. The van der Waals surface area contributed by atoms with Crippen LogP contribution in [0.15, 0.2) is 0 Å². The zero-order valence-electron chi connectivity index (χ0n) is 12.2. The summed E-state index contributed by atoms with van der Waals surface area (Å²) >= 11 is 0. The van der Waals surface area contributed by atoms with E-state index in [1.165, 1.54) is 0 Å². The highest BCUT2D eigenvalue weighted by Gasteiger charge is 2.41. The fraction of sp³-hybridized carbons (Fsp3) is 1.00. The highest BCUT2D eigenvalue weighted by molar-refractivity contribution is 4.88. The van der Waals surface area contributed by atoms with Crippen LogP contribution in [-0.2, 0) is 9.47 Å². The van der Waals surface area contributed by atoms with Gasteiger partial charge in [0, 0.05) is 5.92 Å². The number of epoxide rings is 1. The number of hydrogen-bond acceptors (Lipinski definition) is 5. The normalized spacial score (nSPS) is 30.7. The van der Waals surface area contributed by atoms with E-state index in [9.17, 15) is 0 Å². The van der Waals surface area contributed by atoms with Gasteiger partial charge in [0.25, 0.3) is 0 Å². The lowest BCUT2D eigenvalue weighted by atomic mass is 9.83. The highest BCUT2D eigenvalue weighted by atomic mass is 16.6. The first-order valence-electron chi connectivity index (χ1n) is 6.86. The Morgan fingerprint density at radius 3 is 2.06 bits per heavy atom. The molecule has 5 nitrogen and oxygen atoms in total. The summed E-state index contributed by atoms with van der Waals surface area (Å²) in [6.45, 7) is 10.3. The minimum Gasteiger partial charge on any atom is -0.372 e. The van der Waals surface area contributed by atoms with Crippen LogP contribution in [0.1, 0.15) is 41.0 Å². The molecule has 0 aromatic rings. The largest absolute Gasteiger partial charge is 0.372 e. The quantitative estimate of drug-likeness (QED) is 0.463. The molecule has 0 aliphatic carbocycles. The van der Waals surface area contributed by atoms with Crippen LogP contribution in [0.5, 0.6) is 0 Å². The lowest BCUT2D eigenvalue weighted by molar-refractivity contribution is -0.0530. The number of nitrogens with two attached hydrogens (primary N) is 3. The van der Waals surface area contributed by atoms with Gasteiger partial charge in [-0.15, -0.1) is 0 Å². The Morgan fingerprint density at radius 1 is 1.22 bits per heavy atom. The first-order valence-corrected chi connectivity index (χ1v) is 6.86. The molecule has 0 amide bonds. The van der Waals surface area contributed by atoms with Crippen molar-refractivity contribution < 1.29 is 9.47 Å². The molecule has 1 rings (SSSR count). The molecule has 108 valence electrons. The fourth-order valence-corrected chi connectivity index (χ4v) is 2.74. The monoisotopic (exact) mass is 259 g/mol. The maximum atomic E-state index is 5.99.